The van der Waals surface area contributed by atoms with Crippen LogP contribution >= 0.6 is 0 Å². The van der Waals surface area contributed by atoms with Gasteiger partial charge >= 0.3 is 0 Å². The number of aromatic nitrogens is 2. The average molecular weight is 490 g/mol. The normalized spacial score (nSPS) is 25.7. The topological polar surface area (TPSA) is 77.6 Å². The number of anilines is 1. The van der Waals surface area contributed by atoms with Crippen LogP contribution in [0.25, 0.3) is 5.70 Å². The van der Waals surface area contributed by atoms with Gasteiger partial charge in [-0.25, -0.2) is 0 Å². The molecule has 8 nitrogen and oxygen atoms in total. The van der Waals surface area contributed by atoms with Gasteiger partial charge in [-0.1, -0.05) is 6.42 Å². The Labute approximate surface area is 214 Å². The highest BCUT2D eigenvalue weighted by Crippen LogP contribution is 2.41. The quantitative estimate of drug-likeness (QED) is 0.520. The van der Waals surface area contributed by atoms with E-state index in [4.69, 9.17) is 9.72 Å². The summed E-state index contributed by atoms with van der Waals surface area (Å²) < 4.78 is 5.72. The molecule has 3 N–H and O–H groups in total. The molecule has 0 amide bonds. The number of piperidine rings is 1. The molecule has 3 aliphatic heterocycles. The Morgan fingerprint density at radius 3 is 2.72 bits per heavy atom. The number of nitrogens with one attached hydrogen (secondary N) is 3. The van der Waals surface area contributed by atoms with Crippen LogP contribution in [0.3, 0.4) is 0 Å². The number of nitrogens with zero attached hydrogens (tertiary/aromatic N) is 4. The van der Waals surface area contributed by atoms with Gasteiger partial charge in [0, 0.05) is 44.7 Å². The second-order valence-corrected chi connectivity index (χ2v) is 11.3. The van der Waals surface area contributed by atoms with Gasteiger partial charge in [0.1, 0.15) is 5.54 Å². The van der Waals surface area contributed by atoms with Gasteiger partial charge < -0.3 is 20.4 Å². The summed E-state index contributed by atoms with van der Waals surface area (Å²) in [6.07, 6.45) is 17.4. The number of rotatable bonds is 8. The fourth-order valence-corrected chi connectivity index (χ4v) is 5.90. The molecule has 36 heavy (non-hydrogen) atoms. The molecule has 192 valence electrons. The molecule has 0 unspecified atom stereocenters. The third kappa shape index (κ3) is 4.25. The fourth-order valence-electron chi connectivity index (χ4n) is 5.90. The Kier molecular flexibility index (Phi) is 5.83. The average Bonchev–Trinajstić information content (AvgIpc) is 3.61. The molecule has 2 aliphatic carbocycles. The van der Waals surface area contributed by atoms with Crippen LogP contribution < -0.4 is 21.2 Å². The van der Waals surface area contributed by atoms with Crippen LogP contribution in [0, 0.1) is 5.92 Å². The second-order valence-electron chi connectivity index (χ2n) is 11.3. The summed E-state index contributed by atoms with van der Waals surface area (Å²) in [7, 11) is 0. The monoisotopic (exact) mass is 489 g/mol. The van der Waals surface area contributed by atoms with Crippen molar-refractivity contribution in [3.8, 4) is 0 Å². The van der Waals surface area contributed by atoms with Gasteiger partial charge in [0.15, 0.2) is 0 Å². The Morgan fingerprint density at radius 2 is 2.00 bits per heavy atom. The van der Waals surface area contributed by atoms with Crippen LogP contribution in [0.4, 0.5) is 5.69 Å². The van der Waals surface area contributed by atoms with E-state index in [9.17, 15) is 0 Å². The lowest BCUT2D eigenvalue weighted by molar-refractivity contribution is -0.147. The molecule has 0 bridgehead atoms. The van der Waals surface area contributed by atoms with E-state index in [1.807, 2.05) is 12.4 Å². The molecule has 8 heteroatoms. The lowest BCUT2D eigenvalue weighted by Gasteiger charge is -2.46. The molecule has 2 saturated heterocycles. The van der Waals surface area contributed by atoms with Crippen molar-refractivity contribution in [2.24, 2.45) is 5.92 Å². The molecular weight excluding hydrogens is 450 g/mol. The zero-order valence-electron chi connectivity index (χ0n) is 21.0. The first-order chi connectivity index (χ1) is 17.8. The van der Waals surface area contributed by atoms with Crippen LogP contribution in [0.15, 0.2) is 43.0 Å². The third-order valence-corrected chi connectivity index (χ3v) is 8.76. The third-order valence-electron chi connectivity index (χ3n) is 8.76. The summed E-state index contributed by atoms with van der Waals surface area (Å²) >= 11 is 0. The van der Waals surface area contributed by atoms with Crippen molar-refractivity contribution in [1.82, 2.24) is 31.3 Å². The first kappa shape index (κ1) is 22.5. The highest BCUT2D eigenvalue weighted by Gasteiger charge is 2.48. The maximum Gasteiger partial charge on any atom is 0.145 e. The van der Waals surface area contributed by atoms with E-state index >= 15 is 0 Å². The van der Waals surface area contributed by atoms with E-state index in [0.717, 1.165) is 36.0 Å². The second kappa shape index (κ2) is 9.32. The molecule has 4 fully saturated rings. The van der Waals surface area contributed by atoms with Crippen molar-refractivity contribution < 1.29 is 6.16 Å². The highest BCUT2D eigenvalue weighted by atomic mass is 16.5. The van der Waals surface area contributed by atoms with Gasteiger partial charge in [-0.05, 0) is 80.7 Å². The molecule has 7 rings (SSSR count). The predicted octanol–water partition coefficient (Wildman–Crippen LogP) is 3.51. The minimum Gasteiger partial charge on any atom is -0.375 e. The number of pyridine rings is 2. The molecule has 0 radical (unpaired) electrons. The van der Waals surface area contributed by atoms with Gasteiger partial charge in [-0.2, -0.15) is 0 Å². The fraction of sp³-hybridized carbons (Fsp3) is 0.571. The van der Waals surface area contributed by atoms with E-state index in [0.29, 0.717) is 25.2 Å². The molecule has 1 atom stereocenters. The maximum atomic E-state index is 5.72. The maximum absolute atomic E-state index is 5.72. The number of ether oxygens (including phenoxy) is 1. The summed E-state index contributed by atoms with van der Waals surface area (Å²) in [6, 6.07) is 7.28. The molecule has 5 heterocycles. The van der Waals surface area contributed by atoms with E-state index in [2.05, 4.69) is 61.8 Å². The van der Waals surface area contributed by atoms with Crippen molar-refractivity contribution in [1.29, 1.82) is 0 Å². The van der Waals surface area contributed by atoms with E-state index in [1.165, 1.54) is 62.7 Å². The number of hydrogen-bond acceptors (Lipinski definition) is 8. The van der Waals surface area contributed by atoms with Crippen molar-refractivity contribution in [2.75, 3.05) is 37.7 Å². The summed E-state index contributed by atoms with van der Waals surface area (Å²) in [6.45, 7) is 4.57. The van der Waals surface area contributed by atoms with Crippen LogP contribution in [0.5, 0.6) is 0 Å². The molecule has 5 aliphatic rings. The number of hydrogen-bond donors (Lipinski definition) is 3. The summed E-state index contributed by atoms with van der Waals surface area (Å²) in [5.74, 6) is 1.59. The lowest BCUT2D eigenvalue weighted by atomic mass is 9.85. The van der Waals surface area contributed by atoms with Crippen LogP contribution in [0.1, 0.15) is 69.1 Å². The smallest absolute Gasteiger partial charge is 0.145 e. The summed E-state index contributed by atoms with van der Waals surface area (Å²) in [5.41, 5.74) is 12.1. The van der Waals surface area contributed by atoms with Crippen LogP contribution in [-0.2, 0) is 10.3 Å². The zero-order chi connectivity index (χ0) is 24.0. The molecule has 2 aromatic heterocycles. The number of hydrazine groups is 2. The van der Waals surface area contributed by atoms with Crippen molar-refractivity contribution in [2.45, 2.75) is 62.4 Å². The van der Waals surface area contributed by atoms with Gasteiger partial charge in [0.25, 0.3) is 0 Å². The molecule has 2 saturated carbocycles. The van der Waals surface area contributed by atoms with Crippen molar-refractivity contribution in [3.63, 3.8) is 0 Å². The Bertz CT molecular complexity index is 1110. The minimum absolute atomic E-state index is 0. The first-order valence-electron chi connectivity index (χ1n) is 13.8. The van der Waals surface area contributed by atoms with Gasteiger partial charge in [-0.15, -0.1) is 5.53 Å². The first-order valence-corrected chi connectivity index (χ1v) is 13.8. The molecule has 0 spiro atoms. The molecular formula is C28H39N7O. The summed E-state index contributed by atoms with van der Waals surface area (Å²) in [4.78, 5) is 11.9. The van der Waals surface area contributed by atoms with Crippen LogP contribution in [0.2, 0.25) is 0 Å². The highest BCUT2D eigenvalue weighted by molar-refractivity contribution is 5.64. The Balaban J connectivity index is 0.00000252. The zero-order valence-corrected chi connectivity index (χ0v) is 21.0. The van der Waals surface area contributed by atoms with Crippen molar-refractivity contribution >= 4 is 11.4 Å². The predicted molar refractivity (Wildman–Crippen MR) is 142 cm³/mol. The Hall–Kier alpha value is -2.68. The minimum atomic E-state index is -0.316. The Morgan fingerprint density at radius 1 is 1.08 bits per heavy atom. The van der Waals surface area contributed by atoms with Crippen LogP contribution in [-0.4, -0.2) is 53.9 Å². The van der Waals surface area contributed by atoms with E-state index in [1.54, 1.807) is 0 Å². The lowest BCUT2D eigenvalue weighted by Crippen LogP contribution is -2.62. The van der Waals surface area contributed by atoms with Gasteiger partial charge in [0.05, 0.1) is 36.5 Å². The van der Waals surface area contributed by atoms with Gasteiger partial charge in [0.2, 0.25) is 0 Å². The molecule has 0 aromatic carbocycles. The summed E-state index contributed by atoms with van der Waals surface area (Å²) in [5, 5.41) is 5.96. The molecule has 2 aromatic rings. The largest absolute Gasteiger partial charge is 0.375 e. The SMILES string of the molecule is C1=C(c2cncc(C3CC3)c2)NNN1C1(c2ccc(N3CCC[C@@H](NCC4CCC4)C3)cn2)COC1.[HH]. The van der Waals surface area contributed by atoms with E-state index < -0.39 is 0 Å². The van der Waals surface area contributed by atoms with Gasteiger partial charge in [-0.3, -0.25) is 15.0 Å². The van der Waals surface area contributed by atoms with Crippen molar-refractivity contribution in [3.05, 3.63) is 59.8 Å². The van der Waals surface area contributed by atoms with E-state index in [-0.39, 0.29) is 6.97 Å². The standard InChI is InChI=1S/C28H37N7O.H2/c1-3-20(4-1)12-30-24-5-2-10-34(16-24)25-8-9-27(31-15-25)28(18-36-19-28)35-17-26(32-33-35)23-11-22(13-29-14-23)21-6-7-21;/h8-9,11,13-15,17,20-21,24,30,32-33H,1-7,10,12,16,18-19H2;1H/t24-;/m1./s1.